The van der Waals surface area contributed by atoms with E-state index in [0.717, 1.165) is 0 Å². The number of nitrogens with one attached hydrogen (secondary N) is 2. The smallest absolute Gasteiger partial charge is 0.274 e. The number of ether oxygens (including phenoxy) is 1. The van der Waals surface area contributed by atoms with Crippen LogP contribution in [0.4, 0.5) is 11.5 Å². The number of aryl methyl sites for hydroxylation is 1. The van der Waals surface area contributed by atoms with Gasteiger partial charge in [0, 0.05) is 12.1 Å². The monoisotopic (exact) mass is 376 g/mol. The van der Waals surface area contributed by atoms with Crippen molar-refractivity contribution in [2.24, 2.45) is 0 Å². The van der Waals surface area contributed by atoms with Crippen LogP contribution in [0, 0.1) is 6.92 Å². The number of amides is 1. The van der Waals surface area contributed by atoms with Crippen molar-refractivity contribution in [3.63, 3.8) is 0 Å². The maximum atomic E-state index is 12.5. The van der Waals surface area contributed by atoms with Gasteiger partial charge in [-0.25, -0.2) is 18.4 Å². The van der Waals surface area contributed by atoms with Crippen molar-refractivity contribution in [1.82, 2.24) is 9.97 Å². The summed E-state index contributed by atoms with van der Waals surface area (Å²) in [6.45, 7) is 1.68. The second-order valence-corrected chi connectivity index (χ2v) is 8.31. The highest BCUT2D eigenvalue weighted by atomic mass is 32.2. The third-order valence-corrected chi connectivity index (χ3v) is 5.78. The second kappa shape index (κ2) is 7.28. The number of nitrogens with zero attached hydrogens (tertiary/aromatic N) is 2. The molecule has 2 aromatic rings. The minimum atomic E-state index is -3.00. The Bertz CT molecular complexity index is 930. The van der Waals surface area contributed by atoms with Gasteiger partial charge < -0.3 is 15.4 Å². The lowest BCUT2D eigenvalue weighted by atomic mass is 10.2. The molecule has 2 N–H and O–H groups in total. The van der Waals surface area contributed by atoms with E-state index in [0.29, 0.717) is 29.5 Å². The van der Waals surface area contributed by atoms with Gasteiger partial charge in [-0.3, -0.25) is 4.79 Å². The molecular weight excluding hydrogens is 356 g/mol. The predicted octanol–water partition coefficient (Wildman–Crippen LogP) is 1.64. The van der Waals surface area contributed by atoms with Crippen LogP contribution in [0.2, 0.25) is 0 Å². The first-order valence-electron chi connectivity index (χ1n) is 8.13. The summed E-state index contributed by atoms with van der Waals surface area (Å²) in [5.41, 5.74) is 0.722. The van der Waals surface area contributed by atoms with Crippen LogP contribution in [0.1, 0.15) is 22.7 Å². The van der Waals surface area contributed by atoms with Gasteiger partial charge in [0.05, 0.1) is 24.3 Å². The molecule has 8 nitrogen and oxygen atoms in total. The van der Waals surface area contributed by atoms with Gasteiger partial charge in [0.1, 0.15) is 23.1 Å². The zero-order valence-electron chi connectivity index (χ0n) is 14.5. The first-order valence-corrected chi connectivity index (χ1v) is 9.95. The SMILES string of the molecule is COc1ccccc1NC(=O)c1cc(NC2CCS(=O)(=O)C2)nc(C)n1. The number of para-hydroxylation sites is 2. The summed E-state index contributed by atoms with van der Waals surface area (Å²) in [6.07, 6.45) is 0.522. The van der Waals surface area contributed by atoms with E-state index in [-0.39, 0.29) is 23.2 Å². The molecule has 1 aromatic heterocycles. The van der Waals surface area contributed by atoms with Crippen molar-refractivity contribution in [2.45, 2.75) is 19.4 Å². The lowest BCUT2D eigenvalue weighted by Crippen LogP contribution is -2.22. The van der Waals surface area contributed by atoms with Crippen LogP contribution in [-0.4, -0.2) is 49.0 Å². The number of aromatic nitrogens is 2. The second-order valence-electron chi connectivity index (χ2n) is 6.08. The van der Waals surface area contributed by atoms with Crippen LogP contribution < -0.4 is 15.4 Å². The average molecular weight is 376 g/mol. The zero-order chi connectivity index (χ0) is 18.7. The number of hydrogen-bond donors (Lipinski definition) is 2. The van der Waals surface area contributed by atoms with E-state index >= 15 is 0 Å². The van der Waals surface area contributed by atoms with Crippen molar-refractivity contribution in [3.05, 3.63) is 41.9 Å². The van der Waals surface area contributed by atoms with Crippen molar-refractivity contribution >= 4 is 27.2 Å². The molecule has 0 bridgehead atoms. The molecule has 2 heterocycles. The molecule has 1 aliphatic heterocycles. The van der Waals surface area contributed by atoms with E-state index in [1.807, 2.05) is 0 Å². The van der Waals surface area contributed by atoms with Crippen molar-refractivity contribution in [1.29, 1.82) is 0 Å². The van der Waals surface area contributed by atoms with Crippen molar-refractivity contribution < 1.29 is 17.9 Å². The number of carbonyl (C=O) groups is 1. The number of sulfone groups is 1. The minimum Gasteiger partial charge on any atom is -0.495 e. The van der Waals surface area contributed by atoms with Gasteiger partial charge in [-0.1, -0.05) is 12.1 Å². The Balaban J connectivity index is 1.77. The zero-order valence-corrected chi connectivity index (χ0v) is 15.3. The molecule has 1 fully saturated rings. The molecule has 0 spiro atoms. The van der Waals surface area contributed by atoms with Crippen molar-refractivity contribution in [2.75, 3.05) is 29.2 Å². The number of benzene rings is 1. The quantitative estimate of drug-likeness (QED) is 0.816. The Labute approximate surface area is 151 Å². The van der Waals surface area contributed by atoms with Crippen LogP contribution in [0.5, 0.6) is 5.75 Å². The predicted molar refractivity (Wildman–Crippen MR) is 98.4 cm³/mol. The third kappa shape index (κ3) is 4.29. The Kier molecular flexibility index (Phi) is 5.08. The maximum absolute atomic E-state index is 12.5. The van der Waals surface area contributed by atoms with Crippen LogP contribution in [-0.2, 0) is 9.84 Å². The molecule has 1 aromatic carbocycles. The lowest BCUT2D eigenvalue weighted by Gasteiger charge is -2.13. The summed E-state index contributed by atoms with van der Waals surface area (Å²) in [4.78, 5) is 21.0. The number of hydrogen-bond acceptors (Lipinski definition) is 7. The highest BCUT2D eigenvalue weighted by Crippen LogP contribution is 2.24. The molecule has 1 unspecified atom stereocenters. The standard InChI is InChI=1S/C17H20N4O4S/c1-11-18-14(17(22)21-13-5-3-4-6-15(13)25-2)9-16(19-11)20-12-7-8-26(23,24)10-12/h3-6,9,12H,7-8,10H2,1-2H3,(H,21,22)(H,18,19,20). The summed E-state index contributed by atoms with van der Waals surface area (Å²) in [5, 5.41) is 5.85. The molecule has 1 saturated heterocycles. The van der Waals surface area contributed by atoms with Gasteiger partial charge in [0.15, 0.2) is 9.84 Å². The maximum Gasteiger partial charge on any atom is 0.274 e. The van der Waals surface area contributed by atoms with Gasteiger partial charge in [-0.05, 0) is 25.5 Å². The molecule has 26 heavy (non-hydrogen) atoms. The van der Waals surface area contributed by atoms with E-state index < -0.39 is 15.7 Å². The van der Waals surface area contributed by atoms with Crippen LogP contribution in [0.15, 0.2) is 30.3 Å². The Morgan fingerprint density at radius 3 is 2.73 bits per heavy atom. The molecule has 138 valence electrons. The number of rotatable bonds is 5. The number of anilines is 2. The molecule has 0 saturated carbocycles. The van der Waals surface area contributed by atoms with Gasteiger partial charge in [0.25, 0.3) is 5.91 Å². The van der Waals surface area contributed by atoms with Crippen LogP contribution in [0.3, 0.4) is 0 Å². The Hall–Kier alpha value is -2.68. The van der Waals surface area contributed by atoms with Crippen LogP contribution >= 0.6 is 0 Å². The fourth-order valence-electron chi connectivity index (χ4n) is 2.81. The first kappa shape index (κ1) is 18.1. The Morgan fingerprint density at radius 2 is 2.04 bits per heavy atom. The van der Waals surface area contributed by atoms with E-state index in [2.05, 4.69) is 20.6 Å². The molecule has 3 rings (SSSR count). The topological polar surface area (TPSA) is 110 Å². The summed E-state index contributed by atoms with van der Waals surface area (Å²) in [5.74, 6) is 1.23. The molecule has 1 aliphatic rings. The molecule has 9 heteroatoms. The van der Waals surface area contributed by atoms with E-state index in [9.17, 15) is 13.2 Å². The van der Waals surface area contributed by atoms with Crippen molar-refractivity contribution in [3.8, 4) is 5.75 Å². The Morgan fingerprint density at radius 1 is 1.27 bits per heavy atom. The number of methoxy groups -OCH3 is 1. The normalized spacial score (nSPS) is 18.3. The van der Waals surface area contributed by atoms with Gasteiger partial charge in [-0.2, -0.15) is 0 Å². The summed E-state index contributed by atoms with van der Waals surface area (Å²) >= 11 is 0. The molecule has 1 amide bonds. The minimum absolute atomic E-state index is 0.0682. The molecular formula is C17H20N4O4S. The fraction of sp³-hybridized carbons (Fsp3) is 0.353. The summed E-state index contributed by atoms with van der Waals surface area (Å²) in [7, 11) is -1.47. The molecule has 0 radical (unpaired) electrons. The first-order chi connectivity index (χ1) is 12.4. The summed E-state index contributed by atoms with van der Waals surface area (Å²) < 4.78 is 28.4. The largest absolute Gasteiger partial charge is 0.495 e. The molecule has 0 aliphatic carbocycles. The number of carbonyl (C=O) groups excluding carboxylic acids is 1. The highest BCUT2D eigenvalue weighted by molar-refractivity contribution is 7.91. The highest BCUT2D eigenvalue weighted by Gasteiger charge is 2.28. The summed E-state index contributed by atoms with van der Waals surface area (Å²) in [6, 6.07) is 8.38. The van der Waals surface area contributed by atoms with Crippen LogP contribution in [0.25, 0.3) is 0 Å². The van der Waals surface area contributed by atoms with E-state index in [1.54, 1.807) is 31.2 Å². The van der Waals surface area contributed by atoms with Gasteiger partial charge in [0.2, 0.25) is 0 Å². The van der Waals surface area contributed by atoms with Gasteiger partial charge >= 0.3 is 0 Å². The fourth-order valence-corrected chi connectivity index (χ4v) is 4.48. The lowest BCUT2D eigenvalue weighted by molar-refractivity contribution is 0.102. The van der Waals surface area contributed by atoms with E-state index in [4.69, 9.17) is 4.74 Å². The average Bonchev–Trinajstić information content (AvgIpc) is 2.93. The van der Waals surface area contributed by atoms with Gasteiger partial charge in [-0.15, -0.1) is 0 Å². The van der Waals surface area contributed by atoms with E-state index in [1.165, 1.54) is 13.2 Å². The third-order valence-electron chi connectivity index (χ3n) is 4.01. The molecule has 1 atom stereocenters.